The Labute approximate surface area is 182 Å². The van der Waals surface area contributed by atoms with Crippen molar-refractivity contribution in [1.29, 1.82) is 5.41 Å². The number of carbonyl (C=O) groups excluding carboxylic acids is 1. The zero-order chi connectivity index (χ0) is 22.4. The van der Waals surface area contributed by atoms with Crippen LogP contribution in [0.4, 0.5) is 5.69 Å². The number of amides is 1. The number of hydrogen-bond acceptors (Lipinski definition) is 4. The van der Waals surface area contributed by atoms with Gasteiger partial charge in [0.2, 0.25) is 5.55 Å². The summed E-state index contributed by atoms with van der Waals surface area (Å²) in [6.45, 7) is 1.76. The molecular weight excluding hydrogens is 404 g/mol. The lowest BCUT2D eigenvalue weighted by atomic mass is 10.0. The standard InChI is InChI=1S/C25H20N4O3/c1-15-22(25(31)29(28(15)2)17-9-4-3-5-10-17)27-24(30)20-14-19-18-11-7-6-8-16(18)12-13-21(19)32-23(20)26/h3-14,26H,1-2H3,(H,27,30). The van der Waals surface area contributed by atoms with Crippen molar-refractivity contribution in [2.45, 2.75) is 6.92 Å². The maximum absolute atomic E-state index is 13.1. The lowest BCUT2D eigenvalue weighted by Gasteiger charge is -2.07. The molecular formula is C25H20N4O3. The van der Waals surface area contributed by atoms with E-state index in [1.54, 1.807) is 30.8 Å². The number of carbonyl (C=O) groups is 1. The highest BCUT2D eigenvalue weighted by Gasteiger charge is 2.20. The molecule has 0 aliphatic heterocycles. The van der Waals surface area contributed by atoms with Gasteiger partial charge in [0.15, 0.2) is 0 Å². The predicted octanol–water partition coefficient (Wildman–Crippen LogP) is 4.12. The van der Waals surface area contributed by atoms with Gasteiger partial charge in [0, 0.05) is 12.4 Å². The van der Waals surface area contributed by atoms with Gasteiger partial charge < -0.3 is 9.73 Å². The molecule has 7 heteroatoms. The van der Waals surface area contributed by atoms with E-state index in [0.717, 1.165) is 16.2 Å². The van der Waals surface area contributed by atoms with Gasteiger partial charge in [0.05, 0.1) is 11.4 Å². The number of hydrogen-bond donors (Lipinski definition) is 2. The van der Waals surface area contributed by atoms with E-state index in [2.05, 4.69) is 5.32 Å². The molecule has 158 valence electrons. The predicted molar refractivity (Wildman–Crippen MR) is 123 cm³/mol. The number of para-hydroxylation sites is 1. The highest BCUT2D eigenvalue weighted by molar-refractivity contribution is 6.10. The summed E-state index contributed by atoms with van der Waals surface area (Å²) < 4.78 is 8.81. The summed E-state index contributed by atoms with van der Waals surface area (Å²) in [6.07, 6.45) is 0. The van der Waals surface area contributed by atoms with Gasteiger partial charge in [0.1, 0.15) is 16.8 Å². The Hall–Kier alpha value is -4.39. The van der Waals surface area contributed by atoms with Crippen LogP contribution in [0.3, 0.4) is 0 Å². The number of fused-ring (bicyclic) bond motifs is 3. The molecule has 0 fully saturated rings. The molecule has 32 heavy (non-hydrogen) atoms. The van der Waals surface area contributed by atoms with Crippen LogP contribution in [0.1, 0.15) is 16.1 Å². The first kappa shape index (κ1) is 19.6. The minimum absolute atomic E-state index is 0.0581. The van der Waals surface area contributed by atoms with E-state index in [1.807, 2.05) is 60.7 Å². The topological polar surface area (TPSA) is 93.0 Å². The van der Waals surface area contributed by atoms with Crippen molar-refractivity contribution in [2.24, 2.45) is 7.05 Å². The molecule has 5 rings (SSSR count). The molecule has 0 aliphatic carbocycles. The highest BCUT2D eigenvalue weighted by atomic mass is 16.3. The zero-order valence-corrected chi connectivity index (χ0v) is 17.5. The van der Waals surface area contributed by atoms with Crippen LogP contribution in [0.15, 0.2) is 82.0 Å². The van der Waals surface area contributed by atoms with Crippen LogP contribution in [0.25, 0.3) is 27.4 Å². The molecule has 1 amide bonds. The first-order valence-corrected chi connectivity index (χ1v) is 10.1. The van der Waals surface area contributed by atoms with Gasteiger partial charge in [-0.15, -0.1) is 0 Å². The van der Waals surface area contributed by atoms with Gasteiger partial charge in [-0.05, 0) is 42.0 Å². The molecule has 3 aromatic carbocycles. The Morgan fingerprint density at radius 1 is 0.969 bits per heavy atom. The summed E-state index contributed by atoms with van der Waals surface area (Å²) in [5.74, 6) is -0.570. The van der Waals surface area contributed by atoms with Crippen LogP contribution in [0.5, 0.6) is 0 Å². The van der Waals surface area contributed by atoms with Crippen molar-refractivity contribution in [1.82, 2.24) is 9.36 Å². The second-order valence-corrected chi connectivity index (χ2v) is 7.58. The molecule has 0 aliphatic rings. The molecule has 5 aromatic rings. The summed E-state index contributed by atoms with van der Waals surface area (Å²) in [7, 11) is 1.76. The molecule has 0 spiro atoms. The Balaban J connectivity index is 1.60. The number of rotatable bonds is 3. The van der Waals surface area contributed by atoms with Crippen molar-refractivity contribution in [3.63, 3.8) is 0 Å². The highest BCUT2D eigenvalue weighted by Crippen LogP contribution is 2.25. The quantitative estimate of drug-likeness (QED) is 0.427. The third-order valence-corrected chi connectivity index (χ3v) is 5.71. The normalized spacial score (nSPS) is 11.2. The fourth-order valence-electron chi connectivity index (χ4n) is 3.95. The molecule has 0 radical (unpaired) electrons. The summed E-state index contributed by atoms with van der Waals surface area (Å²) in [6, 6.07) is 22.3. The lowest BCUT2D eigenvalue weighted by molar-refractivity contribution is 0.102. The minimum atomic E-state index is -0.570. The number of aromatic nitrogens is 2. The van der Waals surface area contributed by atoms with Crippen molar-refractivity contribution in [2.75, 3.05) is 5.32 Å². The van der Waals surface area contributed by atoms with Crippen molar-refractivity contribution in [3.8, 4) is 5.69 Å². The van der Waals surface area contributed by atoms with E-state index in [4.69, 9.17) is 9.83 Å². The number of anilines is 1. The smallest absolute Gasteiger partial charge is 0.295 e. The number of nitrogens with one attached hydrogen (secondary N) is 2. The number of benzene rings is 3. The molecule has 0 bridgehead atoms. The lowest BCUT2D eigenvalue weighted by Crippen LogP contribution is -2.25. The minimum Gasteiger partial charge on any atom is -0.438 e. The van der Waals surface area contributed by atoms with E-state index in [9.17, 15) is 9.59 Å². The average Bonchev–Trinajstić information content (AvgIpc) is 3.02. The van der Waals surface area contributed by atoms with Gasteiger partial charge in [-0.25, -0.2) is 4.68 Å². The van der Waals surface area contributed by atoms with Crippen LogP contribution in [-0.2, 0) is 7.05 Å². The van der Waals surface area contributed by atoms with Crippen LogP contribution in [0.2, 0.25) is 0 Å². The maximum Gasteiger partial charge on any atom is 0.295 e. The Bertz CT molecular complexity index is 1620. The van der Waals surface area contributed by atoms with Crippen molar-refractivity contribution >= 4 is 33.3 Å². The largest absolute Gasteiger partial charge is 0.438 e. The molecule has 0 unspecified atom stereocenters. The van der Waals surface area contributed by atoms with Gasteiger partial charge >= 0.3 is 0 Å². The first-order valence-electron chi connectivity index (χ1n) is 10.1. The zero-order valence-electron chi connectivity index (χ0n) is 17.5. The second kappa shape index (κ2) is 7.39. The average molecular weight is 424 g/mol. The maximum atomic E-state index is 13.1. The molecule has 2 N–H and O–H groups in total. The molecule has 7 nitrogen and oxygen atoms in total. The summed E-state index contributed by atoms with van der Waals surface area (Å²) in [5.41, 5.74) is 1.43. The molecule has 0 saturated carbocycles. The molecule has 2 heterocycles. The molecule has 2 aromatic heterocycles. The summed E-state index contributed by atoms with van der Waals surface area (Å²) in [4.78, 5) is 26.2. The second-order valence-electron chi connectivity index (χ2n) is 7.58. The summed E-state index contributed by atoms with van der Waals surface area (Å²) >= 11 is 0. The van der Waals surface area contributed by atoms with E-state index in [0.29, 0.717) is 17.0 Å². The summed E-state index contributed by atoms with van der Waals surface area (Å²) in [5, 5.41) is 13.6. The molecule has 0 saturated heterocycles. The van der Waals surface area contributed by atoms with Gasteiger partial charge in [-0.2, -0.15) is 0 Å². The van der Waals surface area contributed by atoms with E-state index >= 15 is 0 Å². The van der Waals surface area contributed by atoms with Crippen LogP contribution < -0.4 is 16.4 Å². The molecule has 0 atom stereocenters. The van der Waals surface area contributed by atoms with Gasteiger partial charge in [-0.3, -0.25) is 19.7 Å². The van der Waals surface area contributed by atoms with Crippen molar-refractivity contribution in [3.05, 3.63) is 100.0 Å². The Kier molecular flexibility index (Phi) is 4.52. The van der Waals surface area contributed by atoms with Crippen LogP contribution in [0, 0.1) is 12.3 Å². The van der Waals surface area contributed by atoms with Gasteiger partial charge in [-0.1, -0.05) is 48.5 Å². The van der Waals surface area contributed by atoms with E-state index in [-0.39, 0.29) is 22.4 Å². The van der Waals surface area contributed by atoms with Gasteiger partial charge in [0.25, 0.3) is 11.5 Å². The third kappa shape index (κ3) is 3.02. The SMILES string of the molecule is Cc1c(NC(=O)c2cc3c(ccc4ccccc43)oc2=N)c(=O)n(-c2ccccc2)n1C. The Morgan fingerprint density at radius 3 is 2.47 bits per heavy atom. The van der Waals surface area contributed by atoms with Crippen molar-refractivity contribution < 1.29 is 9.21 Å². The Morgan fingerprint density at radius 2 is 1.69 bits per heavy atom. The van der Waals surface area contributed by atoms with E-state index in [1.165, 1.54) is 4.68 Å². The third-order valence-electron chi connectivity index (χ3n) is 5.71. The monoisotopic (exact) mass is 424 g/mol. The first-order chi connectivity index (χ1) is 15.5. The fraction of sp³-hybridized carbons (Fsp3) is 0.0800. The fourth-order valence-corrected chi connectivity index (χ4v) is 3.95. The number of nitrogens with zero attached hydrogens (tertiary/aromatic N) is 2. The van der Waals surface area contributed by atoms with Crippen LogP contribution in [-0.4, -0.2) is 15.3 Å². The van der Waals surface area contributed by atoms with Crippen LogP contribution >= 0.6 is 0 Å². The van der Waals surface area contributed by atoms with E-state index < -0.39 is 5.91 Å².